The van der Waals surface area contributed by atoms with Crippen LogP contribution in [0.25, 0.3) is 21.0 Å². The SMILES string of the molecule is Cc1cccc2sc(Nc3ncnc(Oc4cccc5ccccc45)c3N)nc12. The van der Waals surface area contributed by atoms with E-state index in [1.54, 1.807) is 11.3 Å². The van der Waals surface area contributed by atoms with Gasteiger partial charge in [0, 0.05) is 5.39 Å². The Morgan fingerprint density at radius 2 is 1.79 bits per heavy atom. The summed E-state index contributed by atoms with van der Waals surface area (Å²) in [7, 11) is 0. The highest BCUT2D eigenvalue weighted by Crippen LogP contribution is 2.36. The van der Waals surface area contributed by atoms with Crippen LogP contribution in [0, 0.1) is 6.92 Å². The number of nitrogens with zero attached hydrogens (tertiary/aromatic N) is 3. The zero-order valence-corrected chi connectivity index (χ0v) is 16.4. The van der Waals surface area contributed by atoms with Gasteiger partial charge in [-0.05, 0) is 30.0 Å². The number of fused-ring (bicyclic) bond motifs is 2. The van der Waals surface area contributed by atoms with Crippen LogP contribution in [0.15, 0.2) is 67.0 Å². The van der Waals surface area contributed by atoms with Crippen molar-refractivity contribution in [3.8, 4) is 11.6 Å². The Labute approximate surface area is 171 Å². The lowest BCUT2D eigenvalue weighted by Crippen LogP contribution is -2.03. The molecule has 0 atom stereocenters. The number of thiazole rings is 1. The molecule has 0 saturated heterocycles. The second-order valence-electron chi connectivity index (χ2n) is 6.59. The van der Waals surface area contributed by atoms with Gasteiger partial charge in [0.25, 0.3) is 0 Å². The van der Waals surface area contributed by atoms with Crippen molar-refractivity contribution in [1.82, 2.24) is 15.0 Å². The monoisotopic (exact) mass is 399 g/mol. The van der Waals surface area contributed by atoms with Gasteiger partial charge in [-0.1, -0.05) is 59.9 Å². The Bertz CT molecular complexity index is 1340. The van der Waals surface area contributed by atoms with Crippen LogP contribution in [-0.2, 0) is 0 Å². The first-order valence-electron chi connectivity index (χ1n) is 9.08. The standard InChI is InChI=1S/C22H17N5OS/c1-13-6-4-11-17-19(13)26-22(29-17)27-20-18(23)21(25-12-24-20)28-16-10-5-8-14-7-2-3-9-15(14)16/h2-12H,23H2,1H3,(H,24,25,26,27). The number of nitrogens with one attached hydrogen (secondary N) is 1. The number of aromatic nitrogens is 3. The Hall–Kier alpha value is -3.71. The fourth-order valence-electron chi connectivity index (χ4n) is 3.19. The molecule has 6 nitrogen and oxygen atoms in total. The summed E-state index contributed by atoms with van der Waals surface area (Å²) in [6.45, 7) is 2.04. The van der Waals surface area contributed by atoms with Crippen molar-refractivity contribution in [2.24, 2.45) is 0 Å². The summed E-state index contributed by atoms with van der Waals surface area (Å²) in [5.74, 6) is 1.46. The van der Waals surface area contributed by atoms with Crippen molar-refractivity contribution < 1.29 is 4.74 Å². The van der Waals surface area contributed by atoms with Crippen molar-refractivity contribution in [2.45, 2.75) is 6.92 Å². The van der Waals surface area contributed by atoms with Gasteiger partial charge in [0.2, 0.25) is 5.88 Å². The van der Waals surface area contributed by atoms with Gasteiger partial charge in [-0.2, -0.15) is 4.98 Å². The lowest BCUT2D eigenvalue weighted by atomic mass is 10.1. The highest BCUT2D eigenvalue weighted by Gasteiger charge is 2.14. The van der Waals surface area contributed by atoms with Crippen LogP contribution in [0.5, 0.6) is 11.6 Å². The number of aryl methyl sites for hydroxylation is 1. The molecule has 0 spiro atoms. The molecule has 29 heavy (non-hydrogen) atoms. The molecule has 142 valence electrons. The van der Waals surface area contributed by atoms with E-state index in [1.165, 1.54) is 6.33 Å². The molecule has 2 aromatic heterocycles. The number of para-hydroxylation sites is 1. The third kappa shape index (κ3) is 3.21. The van der Waals surface area contributed by atoms with Crippen molar-refractivity contribution in [2.75, 3.05) is 11.1 Å². The van der Waals surface area contributed by atoms with E-state index < -0.39 is 0 Å². The largest absolute Gasteiger partial charge is 0.436 e. The zero-order chi connectivity index (χ0) is 19.8. The van der Waals surface area contributed by atoms with Gasteiger partial charge in [0.15, 0.2) is 10.9 Å². The molecule has 0 amide bonds. The van der Waals surface area contributed by atoms with Gasteiger partial charge in [0.1, 0.15) is 17.8 Å². The van der Waals surface area contributed by atoms with Crippen LogP contribution < -0.4 is 15.8 Å². The van der Waals surface area contributed by atoms with E-state index >= 15 is 0 Å². The first-order chi connectivity index (χ1) is 14.2. The Kier molecular flexibility index (Phi) is 4.22. The van der Waals surface area contributed by atoms with Crippen molar-refractivity contribution in [1.29, 1.82) is 0 Å². The summed E-state index contributed by atoms with van der Waals surface area (Å²) in [4.78, 5) is 13.1. The molecule has 5 aromatic rings. The fourth-order valence-corrected chi connectivity index (χ4v) is 4.13. The number of rotatable bonds is 4. The quantitative estimate of drug-likeness (QED) is 0.405. The lowest BCUT2D eigenvalue weighted by molar-refractivity contribution is 0.470. The van der Waals surface area contributed by atoms with Gasteiger partial charge in [-0.3, -0.25) is 0 Å². The average Bonchev–Trinajstić information content (AvgIpc) is 3.15. The highest BCUT2D eigenvalue weighted by molar-refractivity contribution is 7.22. The first kappa shape index (κ1) is 17.4. The second kappa shape index (κ2) is 7.03. The molecular formula is C22H17N5OS. The van der Waals surface area contributed by atoms with E-state index in [2.05, 4.69) is 20.3 Å². The highest BCUT2D eigenvalue weighted by atomic mass is 32.1. The van der Waals surface area contributed by atoms with Crippen LogP contribution in [0.3, 0.4) is 0 Å². The second-order valence-corrected chi connectivity index (χ2v) is 7.62. The smallest absolute Gasteiger partial charge is 0.248 e. The maximum Gasteiger partial charge on any atom is 0.248 e. The molecule has 3 aromatic carbocycles. The fraction of sp³-hybridized carbons (Fsp3) is 0.0455. The van der Waals surface area contributed by atoms with Crippen LogP contribution in [0.2, 0.25) is 0 Å². The number of hydrogen-bond acceptors (Lipinski definition) is 7. The minimum atomic E-state index is 0.302. The summed E-state index contributed by atoms with van der Waals surface area (Å²) in [6, 6.07) is 20.0. The van der Waals surface area contributed by atoms with E-state index in [4.69, 9.17) is 10.5 Å². The maximum absolute atomic E-state index is 6.31. The topological polar surface area (TPSA) is 86.0 Å². The number of benzene rings is 3. The molecule has 0 fully saturated rings. The van der Waals surface area contributed by atoms with Crippen molar-refractivity contribution in [3.05, 3.63) is 72.6 Å². The molecule has 0 unspecified atom stereocenters. The van der Waals surface area contributed by atoms with Crippen LogP contribution in [0.4, 0.5) is 16.6 Å². The number of hydrogen-bond donors (Lipinski definition) is 2. The number of ether oxygens (including phenoxy) is 1. The van der Waals surface area contributed by atoms with Crippen LogP contribution >= 0.6 is 11.3 Å². The Morgan fingerprint density at radius 3 is 2.69 bits per heavy atom. The summed E-state index contributed by atoms with van der Waals surface area (Å²) < 4.78 is 7.15. The van der Waals surface area contributed by atoms with Gasteiger partial charge >= 0.3 is 0 Å². The predicted molar refractivity (Wildman–Crippen MR) is 118 cm³/mol. The number of nitrogen functional groups attached to an aromatic ring is 1. The van der Waals surface area contributed by atoms with Crippen molar-refractivity contribution in [3.63, 3.8) is 0 Å². The van der Waals surface area contributed by atoms with Gasteiger partial charge in [-0.15, -0.1) is 0 Å². The molecular weight excluding hydrogens is 382 g/mol. The predicted octanol–water partition coefficient (Wildman–Crippen LogP) is 5.67. The summed E-state index contributed by atoms with van der Waals surface area (Å²) >= 11 is 1.55. The van der Waals surface area contributed by atoms with E-state index in [-0.39, 0.29) is 0 Å². The lowest BCUT2D eigenvalue weighted by Gasteiger charge is -2.12. The van der Waals surface area contributed by atoms with E-state index in [1.807, 2.05) is 67.6 Å². The summed E-state index contributed by atoms with van der Waals surface area (Å²) in [5.41, 5.74) is 8.74. The normalized spacial score (nSPS) is 11.1. The minimum absolute atomic E-state index is 0.302. The maximum atomic E-state index is 6.31. The average molecular weight is 399 g/mol. The molecule has 0 aliphatic carbocycles. The van der Waals surface area contributed by atoms with Gasteiger partial charge in [0.05, 0.1) is 10.2 Å². The molecule has 0 saturated carbocycles. The van der Waals surface area contributed by atoms with E-state index in [9.17, 15) is 0 Å². The molecule has 7 heteroatoms. The Balaban J connectivity index is 1.48. The Morgan fingerprint density at radius 1 is 0.966 bits per heavy atom. The summed E-state index contributed by atoms with van der Waals surface area (Å²) in [6.07, 6.45) is 1.43. The van der Waals surface area contributed by atoms with Gasteiger partial charge < -0.3 is 15.8 Å². The van der Waals surface area contributed by atoms with Crippen LogP contribution in [-0.4, -0.2) is 15.0 Å². The zero-order valence-electron chi connectivity index (χ0n) is 15.6. The van der Waals surface area contributed by atoms with Crippen molar-refractivity contribution >= 4 is 49.0 Å². The number of anilines is 3. The van der Waals surface area contributed by atoms with Crippen LogP contribution in [0.1, 0.15) is 5.56 Å². The molecule has 5 rings (SSSR count). The molecule has 0 bridgehead atoms. The van der Waals surface area contributed by atoms with E-state index in [0.717, 1.165) is 31.7 Å². The molecule has 3 N–H and O–H groups in total. The molecule has 0 aliphatic heterocycles. The van der Waals surface area contributed by atoms with Gasteiger partial charge in [-0.25, -0.2) is 9.97 Å². The molecule has 0 radical (unpaired) electrons. The number of nitrogens with two attached hydrogens (primary N) is 1. The van der Waals surface area contributed by atoms with E-state index in [0.29, 0.717) is 23.1 Å². The third-order valence-corrected chi connectivity index (χ3v) is 5.59. The summed E-state index contributed by atoms with van der Waals surface area (Å²) in [5, 5.41) is 6.00. The third-order valence-electron chi connectivity index (χ3n) is 4.65. The molecule has 0 aliphatic rings. The minimum Gasteiger partial charge on any atom is -0.436 e. The first-order valence-corrected chi connectivity index (χ1v) is 9.90. The molecule has 2 heterocycles.